The molecule has 2 aromatic carbocycles. The lowest BCUT2D eigenvalue weighted by Gasteiger charge is -2.34. The summed E-state index contributed by atoms with van der Waals surface area (Å²) in [5.74, 6) is -6.84. The Morgan fingerprint density at radius 1 is 1.13 bits per heavy atom. The summed E-state index contributed by atoms with van der Waals surface area (Å²) in [4.78, 5) is 70.2. The molecule has 8 N–H and O–H groups in total. The number of nitrogens with one attached hydrogen (secondary N) is 2. The Bertz CT molecular complexity index is 1760. The number of rotatable bonds is 7. The highest BCUT2D eigenvalue weighted by Gasteiger charge is 2.41. The Morgan fingerprint density at radius 2 is 1.89 bits per heavy atom. The second-order valence-corrected chi connectivity index (χ2v) is 10.8. The molecule has 3 heterocycles. The maximum Gasteiger partial charge on any atom is 0.547 e. The number of aromatic carboxylic acids is 1. The summed E-state index contributed by atoms with van der Waals surface area (Å²) < 4.78 is 5.41. The van der Waals surface area contributed by atoms with Crippen molar-refractivity contribution in [3.63, 3.8) is 0 Å². The summed E-state index contributed by atoms with van der Waals surface area (Å²) in [6, 6.07) is 6.75. The highest BCUT2D eigenvalue weighted by Crippen LogP contribution is 2.38. The van der Waals surface area contributed by atoms with E-state index in [2.05, 4.69) is 15.6 Å². The second kappa shape index (κ2) is 12.8. The molecule has 0 saturated carbocycles. The SMILES string of the molecule is Nc1cc(CN2CCN(C(=O)NC(C(=O)N[C@H]3Cc4cccc(C(=O)O)c4OB3O)c3ccc(O)c(O)c3Cl)C(=O)C2=O)ccn1. The van der Waals surface area contributed by atoms with Crippen LogP contribution in [0, 0.1) is 0 Å². The van der Waals surface area contributed by atoms with Crippen molar-refractivity contribution in [3.05, 3.63) is 75.9 Å². The van der Waals surface area contributed by atoms with Crippen molar-refractivity contribution >= 4 is 54.3 Å². The van der Waals surface area contributed by atoms with Gasteiger partial charge in [0.05, 0.1) is 16.5 Å². The standard InChI is InChI=1S/C28H26BClN6O10/c30-20-15(4-5-17(37)22(20)38)21(24(39)33-18-11-14-2-1-3-16(27(42)43)23(14)46-29(18)45)34-28(44)36-9-8-35(25(40)26(36)41)12-13-6-7-32-19(31)10-13/h1-7,10,18,21,37-38,45H,8-9,11-12H2,(H2,31,32)(H,33,39)(H,34,44)(H,42,43)/t18-,21?/m0/s1. The Morgan fingerprint density at radius 3 is 2.61 bits per heavy atom. The van der Waals surface area contributed by atoms with E-state index < -0.39 is 65.3 Å². The molecule has 1 aromatic heterocycles. The fraction of sp³-hybridized carbons (Fsp3) is 0.214. The molecule has 5 amide bonds. The minimum absolute atomic E-state index is 0.0308. The van der Waals surface area contributed by atoms with Gasteiger partial charge in [0.1, 0.15) is 17.6 Å². The number of carbonyl (C=O) groups excluding carboxylic acids is 4. The quantitative estimate of drug-likeness (QED) is 0.103. The summed E-state index contributed by atoms with van der Waals surface area (Å²) >= 11 is 6.23. The van der Waals surface area contributed by atoms with Crippen molar-refractivity contribution < 1.29 is 49.0 Å². The van der Waals surface area contributed by atoms with Crippen LogP contribution in [0.3, 0.4) is 0 Å². The van der Waals surface area contributed by atoms with Crippen LogP contribution in [-0.4, -0.2) is 91.0 Å². The smallest absolute Gasteiger partial charge is 0.534 e. The number of amides is 5. The molecule has 1 fully saturated rings. The lowest BCUT2D eigenvalue weighted by molar-refractivity contribution is -0.154. The predicted molar refractivity (Wildman–Crippen MR) is 159 cm³/mol. The van der Waals surface area contributed by atoms with E-state index in [1.54, 1.807) is 12.1 Å². The molecular formula is C28H26BClN6O10. The van der Waals surface area contributed by atoms with Gasteiger partial charge in [-0.25, -0.2) is 14.6 Å². The Kier molecular flexibility index (Phi) is 8.88. The average Bonchev–Trinajstić information content (AvgIpc) is 3.01. The molecule has 2 atom stereocenters. The number of imide groups is 1. The van der Waals surface area contributed by atoms with Gasteiger partial charge >= 0.3 is 30.9 Å². The van der Waals surface area contributed by atoms with Crippen molar-refractivity contribution in [2.45, 2.75) is 24.9 Å². The van der Waals surface area contributed by atoms with Crippen LogP contribution in [-0.2, 0) is 27.3 Å². The number of phenolic OH excluding ortho intramolecular Hbond substituents is 2. The number of phenols is 2. The summed E-state index contributed by atoms with van der Waals surface area (Å²) in [5, 5.41) is 44.5. The monoisotopic (exact) mass is 652 g/mol. The average molecular weight is 653 g/mol. The molecule has 2 aliphatic heterocycles. The zero-order valence-electron chi connectivity index (χ0n) is 23.7. The summed E-state index contributed by atoms with van der Waals surface area (Å²) in [7, 11) is -1.71. The lowest BCUT2D eigenvalue weighted by Crippen LogP contribution is -2.60. The third kappa shape index (κ3) is 6.31. The molecule has 0 radical (unpaired) electrons. The van der Waals surface area contributed by atoms with Gasteiger partial charge in [-0.15, -0.1) is 0 Å². The molecule has 0 bridgehead atoms. The number of hydrogen-bond donors (Lipinski definition) is 7. The zero-order chi connectivity index (χ0) is 33.3. The number of para-hydroxylation sites is 1. The number of aromatic nitrogens is 1. The first kappa shape index (κ1) is 31.9. The first-order chi connectivity index (χ1) is 21.8. The number of aromatic hydroxyl groups is 2. The molecule has 3 aromatic rings. The van der Waals surface area contributed by atoms with Crippen LogP contribution in [0.1, 0.15) is 33.1 Å². The number of nitrogens with two attached hydrogens (primary N) is 1. The van der Waals surface area contributed by atoms with E-state index in [1.165, 1.54) is 29.3 Å². The predicted octanol–water partition coefficient (Wildman–Crippen LogP) is 0.188. The number of nitrogen functional groups attached to an aromatic ring is 1. The molecular weight excluding hydrogens is 627 g/mol. The number of nitrogens with zero attached hydrogens (tertiary/aromatic N) is 3. The van der Waals surface area contributed by atoms with Crippen molar-refractivity contribution in [1.82, 2.24) is 25.4 Å². The van der Waals surface area contributed by atoms with Gasteiger partial charge in [-0.3, -0.25) is 19.3 Å². The molecule has 18 heteroatoms. The van der Waals surface area contributed by atoms with E-state index in [0.29, 0.717) is 16.0 Å². The third-order valence-corrected chi connectivity index (χ3v) is 7.81. The maximum absolute atomic E-state index is 13.7. The molecule has 1 unspecified atom stereocenters. The van der Waals surface area contributed by atoms with Gasteiger partial charge in [-0.1, -0.05) is 29.8 Å². The third-order valence-electron chi connectivity index (χ3n) is 7.42. The fourth-order valence-electron chi connectivity index (χ4n) is 5.09. The fourth-order valence-corrected chi connectivity index (χ4v) is 5.36. The van der Waals surface area contributed by atoms with Gasteiger partial charge in [0.2, 0.25) is 5.91 Å². The number of hydrogen-bond acceptors (Lipinski definition) is 11. The Balaban J connectivity index is 1.36. The van der Waals surface area contributed by atoms with Crippen molar-refractivity contribution in [1.29, 1.82) is 0 Å². The van der Waals surface area contributed by atoms with Gasteiger partial charge in [-0.2, -0.15) is 0 Å². The number of carbonyl (C=O) groups is 5. The number of piperazine rings is 1. The Labute approximate surface area is 265 Å². The molecule has 1 saturated heterocycles. The molecule has 0 spiro atoms. The minimum Gasteiger partial charge on any atom is -0.534 e. The van der Waals surface area contributed by atoms with Crippen LogP contribution in [0.25, 0.3) is 0 Å². The minimum atomic E-state index is -1.73. The highest BCUT2D eigenvalue weighted by molar-refractivity contribution is 6.47. The van der Waals surface area contributed by atoms with Crippen LogP contribution in [0.15, 0.2) is 48.7 Å². The normalized spacial score (nSPS) is 16.7. The second-order valence-electron chi connectivity index (χ2n) is 10.4. The van der Waals surface area contributed by atoms with E-state index in [0.717, 1.165) is 12.1 Å². The maximum atomic E-state index is 13.7. The zero-order valence-corrected chi connectivity index (χ0v) is 24.5. The van der Waals surface area contributed by atoms with E-state index in [4.69, 9.17) is 22.0 Å². The number of pyridine rings is 1. The highest BCUT2D eigenvalue weighted by atomic mass is 35.5. The molecule has 0 aliphatic carbocycles. The van der Waals surface area contributed by atoms with Gasteiger partial charge in [0.15, 0.2) is 11.5 Å². The van der Waals surface area contributed by atoms with E-state index in [9.17, 15) is 44.3 Å². The number of benzene rings is 2. The number of anilines is 1. The van der Waals surface area contributed by atoms with Crippen molar-refractivity contribution in [3.8, 4) is 17.2 Å². The van der Waals surface area contributed by atoms with Crippen LogP contribution >= 0.6 is 11.6 Å². The first-order valence-corrected chi connectivity index (χ1v) is 14.1. The summed E-state index contributed by atoms with van der Waals surface area (Å²) in [6.45, 7) is -0.248. The van der Waals surface area contributed by atoms with Gasteiger partial charge < -0.3 is 46.3 Å². The van der Waals surface area contributed by atoms with E-state index >= 15 is 0 Å². The number of halogens is 1. The van der Waals surface area contributed by atoms with Crippen LogP contribution in [0.2, 0.25) is 5.02 Å². The Hall–Kier alpha value is -5.55. The molecule has 46 heavy (non-hydrogen) atoms. The molecule has 238 valence electrons. The van der Waals surface area contributed by atoms with Gasteiger partial charge in [0, 0.05) is 31.4 Å². The number of carboxylic acid groups (broad SMARTS) is 1. The first-order valence-electron chi connectivity index (χ1n) is 13.7. The van der Waals surface area contributed by atoms with E-state index in [-0.39, 0.29) is 48.7 Å². The van der Waals surface area contributed by atoms with Crippen LogP contribution < -0.4 is 21.0 Å². The van der Waals surface area contributed by atoms with Gasteiger partial charge in [0.25, 0.3) is 0 Å². The summed E-state index contributed by atoms with van der Waals surface area (Å²) in [5.41, 5.74) is 6.27. The largest absolute Gasteiger partial charge is 0.547 e. The molecule has 5 rings (SSSR count). The van der Waals surface area contributed by atoms with Crippen molar-refractivity contribution in [2.75, 3.05) is 18.8 Å². The number of urea groups is 1. The molecule has 16 nitrogen and oxygen atoms in total. The number of carboxylic acids is 1. The lowest BCUT2D eigenvalue weighted by atomic mass is 9.72. The molecule has 2 aliphatic rings. The topological polar surface area (TPSA) is 245 Å². The van der Waals surface area contributed by atoms with Crippen molar-refractivity contribution in [2.24, 2.45) is 0 Å². The number of fused-ring (bicyclic) bond motifs is 1. The summed E-state index contributed by atoms with van der Waals surface area (Å²) in [6.07, 6.45) is 1.37. The van der Waals surface area contributed by atoms with Crippen LogP contribution in [0.5, 0.6) is 17.2 Å². The van der Waals surface area contributed by atoms with Crippen LogP contribution in [0.4, 0.5) is 10.6 Å². The van der Waals surface area contributed by atoms with Gasteiger partial charge in [-0.05, 0) is 41.8 Å². The van der Waals surface area contributed by atoms with E-state index in [1.807, 2.05) is 0 Å².